The number of allylic oxidation sites excluding steroid dienone is 1. The maximum atomic E-state index is 11.4. The van der Waals surface area contributed by atoms with Crippen LogP contribution >= 0.6 is 0 Å². The molecule has 0 aliphatic heterocycles. The molecule has 0 amide bonds. The smallest absolute Gasteiger partial charge is 0.223 e. The van der Waals surface area contributed by atoms with Crippen molar-refractivity contribution < 1.29 is 19.4 Å². The summed E-state index contributed by atoms with van der Waals surface area (Å²) in [6, 6.07) is 0. The summed E-state index contributed by atoms with van der Waals surface area (Å²) in [4.78, 5) is 11.4. The van der Waals surface area contributed by atoms with E-state index in [1.807, 2.05) is 0 Å². The number of rotatable bonds is 4. The summed E-state index contributed by atoms with van der Waals surface area (Å²) in [6.45, 7) is 3.54. The van der Waals surface area contributed by atoms with Crippen LogP contribution in [0.2, 0.25) is 0 Å². The van der Waals surface area contributed by atoms with Crippen molar-refractivity contribution in [2.24, 2.45) is 0 Å². The molecule has 4 nitrogen and oxygen atoms in total. The molecule has 1 aliphatic rings. The second kappa shape index (κ2) is 4.31. The highest BCUT2D eigenvalue weighted by Crippen LogP contribution is 2.29. The number of ketones is 1. The summed E-state index contributed by atoms with van der Waals surface area (Å²) in [5.41, 5.74) is -1.34. The van der Waals surface area contributed by atoms with Gasteiger partial charge in [0.25, 0.3) is 0 Å². The second-order valence-corrected chi connectivity index (χ2v) is 3.21. The van der Waals surface area contributed by atoms with E-state index in [4.69, 9.17) is 9.47 Å². The van der Waals surface area contributed by atoms with Crippen LogP contribution in [0.1, 0.15) is 6.42 Å². The van der Waals surface area contributed by atoms with Crippen LogP contribution in [0, 0.1) is 0 Å². The largest absolute Gasteiger partial charge is 0.498 e. The first-order chi connectivity index (χ1) is 7.07. The molecule has 1 unspecified atom stereocenters. The molecular weight excluding hydrogens is 196 g/mol. The second-order valence-electron chi connectivity index (χ2n) is 3.21. The van der Waals surface area contributed by atoms with Crippen molar-refractivity contribution in [3.63, 3.8) is 0 Å². The van der Waals surface area contributed by atoms with Crippen molar-refractivity contribution >= 4 is 5.78 Å². The average molecular weight is 210 g/mol. The van der Waals surface area contributed by atoms with Gasteiger partial charge in [0.1, 0.15) is 11.4 Å². The van der Waals surface area contributed by atoms with E-state index in [9.17, 15) is 9.90 Å². The Balaban J connectivity index is 3.11. The van der Waals surface area contributed by atoms with Gasteiger partial charge in [-0.1, -0.05) is 6.08 Å². The molecular formula is C11H14O4. The number of hydrogen-bond donors (Lipinski definition) is 1. The van der Waals surface area contributed by atoms with Gasteiger partial charge < -0.3 is 14.6 Å². The third-order valence-electron chi connectivity index (χ3n) is 2.20. The standard InChI is InChI=1S/C11H14O4/c1-4-5-11(13)7-9(14-2)8(12)6-10(11)15-3/h4,6-7,13H,1,5H2,2-3H3. The Morgan fingerprint density at radius 1 is 1.53 bits per heavy atom. The molecule has 0 aromatic carbocycles. The van der Waals surface area contributed by atoms with Gasteiger partial charge in [-0.3, -0.25) is 4.79 Å². The van der Waals surface area contributed by atoms with Crippen LogP contribution in [-0.4, -0.2) is 30.7 Å². The predicted molar refractivity (Wildman–Crippen MR) is 55.0 cm³/mol. The van der Waals surface area contributed by atoms with Gasteiger partial charge in [-0.15, -0.1) is 6.58 Å². The zero-order chi connectivity index (χ0) is 11.5. The highest BCUT2D eigenvalue weighted by atomic mass is 16.5. The Hall–Kier alpha value is -1.55. The van der Waals surface area contributed by atoms with E-state index in [2.05, 4.69) is 6.58 Å². The van der Waals surface area contributed by atoms with E-state index < -0.39 is 5.60 Å². The molecule has 0 heterocycles. The summed E-state index contributed by atoms with van der Waals surface area (Å²) < 4.78 is 9.82. The summed E-state index contributed by atoms with van der Waals surface area (Å²) in [5, 5.41) is 10.2. The summed E-state index contributed by atoms with van der Waals surface area (Å²) in [7, 11) is 2.78. The number of carbonyl (C=O) groups is 1. The number of ether oxygens (including phenoxy) is 2. The van der Waals surface area contributed by atoms with Crippen molar-refractivity contribution in [3.8, 4) is 0 Å². The summed E-state index contributed by atoms with van der Waals surface area (Å²) in [5.74, 6) is -0.00330. The highest BCUT2D eigenvalue weighted by molar-refractivity contribution is 6.04. The van der Waals surface area contributed by atoms with Crippen LogP contribution in [0.5, 0.6) is 0 Å². The molecule has 0 saturated carbocycles. The third-order valence-corrected chi connectivity index (χ3v) is 2.20. The van der Waals surface area contributed by atoms with Crippen molar-refractivity contribution in [1.82, 2.24) is 0 Å². The molecule has 0 aromatic heterocycles. The van der Waals surface area contributed by atoms with Crippen LogP contribution in [0.3, 0.4) is 0 Å². The summed E-state index contributed by atoms with van der Waals surface area (Å²) in [6.07, 6.45) is 4.37. The van der Waals surface area contributed by atoms with E-state index in [0.717, 1.165) is 0 Å². The minimum absolute atomic E-state index is 0.111. The lowest BCUT2D eigenvalue weighted by Crippen LogP contribution is -2.34. The van der Waals surface area contributed by atoms with E-state index in [1.54, 1.807) is 6.08 Å². The van der Waals surface area contributed by atoms with Crippen LogP contribution in [0.25, 0.3) is 0 Å². The third kappa shape index (κ3) is 2.10. The number of aliphatic hydroxyl groups is 1. The molecule has 1 atom stereocenters. The fourth-order valence-corrected chi connectivity index (χ4v) is 1.45. The Kier molecular flexibility index (Phi) is 3.31. The SMILES string of the molecule is C=CCC1(O)C=C(OC)C(=O)C=C1OC. The zero-order valence-corrected chi connectivity index (χ0v) is 8.82. The topological polar surface area (TPSA) is 55.8 Å². The molecule has 1 rings (SSSR count). The molecule has 0 spiro atoms. The van der Waals surface area contributed by atoms with Gasteiger partial charge in [-0.25, -0.2) is 0 Å². The van der Waals surface area contributed by atoms with Crippen molar-refractivity contribution in [2.75, 3.05) is 14.2 Å². The fraction of sp³-hybridized carbons (Fsp3) is 0.364. The quantitative estimate of drug-likeness (QED) is 0.701. The number of carbonyl (C=O) groups excluding carboxylic acids is 1. The number of methoxy groups -OCH3 is 2. The molecule has 0 saturated heterocycles. The molecule has 0 fully saturated rings. The predicted octanol–water partition coefficient (Wildman–Crippen LogP) is 0.937. The van der Waals surface area contributed by atoms with Gasteiger partial charge >= 0.3 is 0 Å². The van der Waals surface area contributed by atoms with Crippen molar-refractivity contribution in [3.05, 3.63) is 36.3 Å². The van der Waals surface area contributed by atoms with Gasteiger partial charge in [0.05, 0.1) is 14.2 Å². The zero-order valence-electron chi connectivity index (χ0n) is 8.82. The fourth-order valence-electron chi connectivity index (χ4n) is 1.45. The van der Waals surface area contributed by atoms with Crippen LogP contribution in [0.4, 0.5) is 0 Å². The molecule has 4 heteroatoms. The van der Waals surface area contributed by atoms with Crippen molar-refractivity contribution in [1.29, 1.82) is 0 Å². The molecule has 1 aliphatic carbocycles. The minimum atomic E-state index is -1.34. The number of hydrogen-bond acceptors (Lipinski definition) is 4. The maximum absolute atomic E-state index is 11.4. The van der Waals surface area contributed by atoms with Gasteiger partial charge in [0, 0.05) is 18.6 Å². The van der Waals surface area contributed by atoms with E-state index in [1.165, 1.54) is 26.4 Å². The molecule has 1 N–H and O–H groups in total. The Labute approximate surface area is 88.5 Å². The van der Waals surface area contributed by atoms with Gasteiger partial charge in [0.2, 0.25) is 5.78 Å². The molecule has 0 bridgehead atoms. The maximum Gasteiger partial charge on any atom is 0.223 e. The molecule has 15 heavy (non-hydrogen) atoms. The van der Waals surface area contributed by atoms with E-state index in [0.29, 0.717) is 0 Å². The van der Waals surface area contributed by atoms with E-state index >= 15 is 0 Å². The van der Waals surface area contributed by atoms with Crippen LogP contribution < -0.4 is 0 Å². The first-order valence-corrected chi connectivity index (χ1v) is 4.48. The Morgan fingerprint density at radius 2 is 2.20 bits per heavy atom. The van der Waals surface area contributed by atoms with Gasteiger partial charge in [-0.05, 0) is 0 Å². The monoisotopic (exact) mass is 210 g/mol. The summed E-state index contributed by atoms with van der Waals surface area (Å²) >= 11 is 0. The van der Waals surface area contributed by atoms with Crippen LogP contribution in [-0.2, 0) is 14.3 Å². The molecule has 0 aromatic rings. The van der Waals surface area contributed by atoms with Gasteiger partial charge in [0.15, 0.2) is 5.76 Å². The lowest BCUT2D eigenvalue weighted by Gasteiger charge is -2.28. The molecule has 0 radical (unpaired) electrons. The lowest BCUT2D eigenvalue weighted by atomic mass is 9.90. The lowest BCUT2D eigenvalue weighted by molar-refractivity contribution is -0.115. The minimum Gasteiger partial charge on any atom is -0.498 e. The first kappa shape index (κ1) is 11.5. The Bertz CT molecular complexity index is 340. The van der Waals surface area contributed by atoms with Crippen molar-refractivity contribution in [2.45, 2.75) is 12.0 Å². The Morgan fingerprint density at radius 3 is 2.67 bits per heavy atom. The highest BCUT2D eigenvalue weighted by Gasteiger charge is 2.35. The average Bonchev–Trinajstić information content (AvgIpc) is 2.21. The molecule has 82 valence electrons. The van der Waals surface area contributed by atoms with Crippen LogP contribution in [0.15, 0.2) is 36.3 Å². The normalized spacial score (nSPS) is 25.4. The van der Waals surface area contributed by atoms with E-state index in [-0.39, 0.29) is 23.7 Å². The van der Waals surface area contributed by atoms with Gasteiger partial charge in [-0.2, -0.15) is 0 Å². The first-order valence-electron chi connectivity index (χ1n) is 4.48.